The Morgan fingerprint density at radius 3 is 2.16 bits per heavy atom. The van der Waals surface area contributed by atoms with Crippen molar-refractivity contribution in [3.05, 3.63) is 88.9 Å². The standard InChI is InChI=1S/C26H28ClN3O5S2/c1-19-4-2-3-5-25(19)29-37(34,35)24-12-10-23(11-13-24)28-26(31)21-14-16-30(17-15-21)36(32,33)18-20-6-8-22(27)9-7-20/h2-13,21,29H,14-18H2,1H3,(H,28,31). The summed E-state index contributed by atoms with van der Waals surface area (Å²) in [5.41, 5.74) is 2.43. The highest BCUT2D eigenvalue weighted by Crippen LogP contribution is 2.25. The maximum absolute atomic E-state index is 12.8. The lowest BCUT2D eigenvalue weighted by Crippen LogP contribution is -2.41. The first kappa shape index (κ1) is 27.1. The van der Waals surface area contributed by atoms with Gasteiger partial charge in [-0.15, -0.1) is 0 Å². The SMILES string of the molecule is Cc1ccccc1NS(=O)(=O)c1ccc(NC(=O)C2CCN(S(=O)(=O)Cc3ccc(Cl)cc3)CC2)cc1. The minimum absolute atomic E-state index is 0.0768. The molecule has 1 saturated heterocycles. The molecule has 0 unspecified atom stereocenters. The summed E-state index contributed by atoms with van der Waals surface area (Å²) in [4.78, 5) is 12.9. The van der Waals surface area contributed by atoms with Crippen LogP contribution in [0.15, 0.2) is 77.7 Å². The van der Waals surface area contributed by atoms with E-state index in [1.165, 1.54) is 28.6 Å². The smallest absolute Gasteiger partial charge is 0.261 e. The molecule has 1 amide bonds. The largest absolute Gasteiger partial charge is 0.326 e. The van der Waals surface area contributed by atoms with Crippen molar-refractivity contribution in [2.24, 2.45) is 5.92 Å². The van der Waals surface area contributed by atoms with Crippen LogP contribution in [-0.2, 0) is 30.6 Å². The number of anilines is 2. The van der Waals surface area contributed by atoms with E-state index in [9.17, 15) is 21.6 Å². The predicted molar refractivity (Wildman–Crippen MR) is 145 cm³/mol. The summed E-state index contributed by atoms with van der Waals surface area (Å²) in [6.07, 6.45) is 0.803. The van der Waals surface area contributed by atoms with Crippen molar-refractivity contribution in [1.82, 2.24) is 4.31 Å². The van der Waals surface area contributed by atoms with Crippen LogP contribution in [0.4, 0.5) is 11.4 Å². The van der Waals surface area contributed by atoms with Gasteiger partial charge in [0.15, 0.2) is 0 Å². The van der Waals surface area contributed by atoms with Crippen LogP contribution in [0.3, 0.4) is 0 Å². The van der Waals surface area contributed by atoms with Crippen LogP contribution in [0.1, 0.15) is 24.0 Å². The molecule has 8 nitrogen and oxygen atoms in total. The quantitative estimate of drug-likeness (QED) is 0.416. The monoisotopic (exact) mass is 561 g/mol. The number of hydrogen-bond acceptors (Lipinski definition) is 5. The van der Waals surface area contributed by atoms with Gasteiger partial charge in [-0.1, -0.05) is 41.9 Å². The van der Waals surface area contributed by atoms with E-state index in [-0.39, 0.29) is 35.6 Å². The molecule has 2 N–H and O–H groups in total. The number of hydrogen-bond donors (Lipinski definition) is 2. The van der Waals surface area contributed by atoms with Gasteiger partial charge < -0.3 is 5.32 Å². The summed E-state index contributed by atoms with van der Waals surface area (Å²) in [5.74, 6) is -0.675. The van der Waals surface area contributed by atoms with Gasteiger partial charge in [0, 0.05) is 29.7 Å². The van der Waals surface area contributed by atoms with E-state index in [2.05, 4.69) is 10.0 Å². The topological polar surface area (TPSA) is 113 Å². The second kappa shape index (κ2) is 11.2. The number of sulfonamides is 2. The summed E-state index contributed by atoms with van der Waals surface area (Å²) in [5, 5.41) is 3.36. The first-order valence-electron chi connectivity index (χ1n) is 11.8. The van der Waals surface area contributed by atoms with Gasteiger partial charge in [0.25, 0.3) is 10.0 Å². The van der Waals surface area contributed by atoms with Crippen LogP contribution in [0.2, 0.25) is 5.02 Å². The highest BCUT2D eigenvalue weighted by atomic mass is 35.5. The van der Waals surface area contributed by atoms with Crippen LogP contribution in [0, 0.1) is 12.8 Å². The van der Waals surface area contributed by atoms with Crippen LogP contribution < -0.4 is 10.0 Å². The van der Waals surface area contributed by atoms with Crippen molar-refractivity contribution in [1.29, 1.82) is 0 Å². The average molecular weight is 562 g/mol. The molecular weight excluding hydrogens is 534 g/mol. The van der Waals surface area contributed by atoms with Crippen molar-refractivity contribution in [2.45, 2.75) is 30.4 Å². The fourth-order valence-electron chi connectivity index (χ4n) is 4.13. The summed E-state index contributed by atoms with van der Waals surface area (Å²) in [7, 11) is -7.28. The maximum Gasteiger partial charge on any atom is 0.261 e. The molecule has 0 radical (unpaired) electrons. The number of halogens is 1. The highest BCUT2D eigenvalue weighted by Gasteiger charge is 2.31. The molecule has 1 aliphatic rings. The molecule has 4 rings (SSSR count). The molecule has 1 aliphatic heterocycles. The molecule has 1 heterocycles. The zero-order valence-corrected chi connectivity index (χ0v) is 22.6. The zero-order chi connectivity index (χ0) is 26.6. The van der Waals surface area contributed by atoms with Gasteiger partial charge in [-0.25, -0.2) is 21.1 Å². The van der Waals surface area contributed by atoms with Crippen molar-refractivity contribution in [3.8, 4) is 0 Å². The number of para-hydroxylation sites is 1. The van der Waals surface area contributed by atoms with Gasteiger partial charge in [-0.05, 0) is 73.4 Å². The number of carbonyl (C=O) groups excluding carboxylic acids is 1. The lowest BCUT2D eigenvalue weighted by atomic mass is 9.97. The van der Waals surface area contributed by atoms with Crippen molar-refractivity contribution in [3.63, 3.8) is 0 Å². The van der Waals surface area contributed by atoms with E-state index >= 15 is 0 Å². The fourth-order valence-corrected chi connectivity index (χ4v) is 6.95. The van der Waals surface area contributed by atoms with Crippen molar-refractivity contribution >= 4 is 48.9 Å². The third-order valence-electron chi connectivity index (χ3n) is 6.30. The number of aryl methyl sites for hydroxylation is 1. The molecule has 0 aliphatic carbocycles. The Kier molecular flexibility index (Phi) is 8.23. The van der Waals surface area contributed by atoms with Gasteiger partial charge in [0.1, 0.15) is 0 Å². The summed E-state index contributed by atoms with van der Waals surface area (Å²) >= 11 is 5.87. The van der Waals surface area contributed by atoms with Crippen molar-refractivity contribution in [2.75, 3.05) is 23.1 Å². The van der Waals surface area contributed by atoms with Crippen LogP contribution in [0.5, 0.6) is 0 Å². The van der Waals surface area contributed by atoms with E-state index in [0.717, 1.165) is 5.56 Å². The molecule has 0 bridgehead atoms. The second-order valence-corrected chi connectivity index (χ2v) is 13.1. The first-order chi connectivity index (χ1) is 17.5. The molecule has 3 aromatic rings. The number of nitrogens with zero attached hydrogens (tertiary/aromatic N) is 1. The number of piperidine rings is 1. The van der Waals surface area contributed by atoms with Gasteiger partial charge in [0.2, 0.25) is 15.9 Å². The lowest BCUT2D eigenvalue weighted by Gasteiger charge is -2.30. The molecule has 37 heavy (non-hydrogen) atoms. The molecule has 0 spiro atoms. The van der Waals surface area contributed by atoms with Gasteiger partial charge in [0.05, 0.1) is 16.3 Å². The Morgan fingerprint density at radius 2 is 1.54 bits per heavy atom. The molecule has 11 heteroatoms. The number of amides is 1. The van der Waals surface area contributed by atoms with E-state index in [1.807, 2.05) is 19.1 Å². The lowest BCUT2D eigenvalue weighted by molar-refractivity contribution is -0.120. The van der Waals surface area contributed by atoms with E-state index in [1.54, 1.807) is 36.4 Å². The van der Waals surface area contributed by atoms with Crippen molar-refractivity contribution < 1.29 is 21.6 Å². The normalized spacial score (nSPS) is 15.3. The van der Waals surface area contributed by atoms with E-state index in [0.29, 0.717) is 34.8 Å². The molecular formula is C26H28ClN3O5S2. The molecule has 1 fully saturated rings. The van der Waals surface area contributed by atoms with Crippen LogP contribution in [-0.4, -0.2) is 40.1 Å². The highest BCUT2D eigenvalue weighted by molar-refractivity contribution is 7.92. The zero-order valence-electron chi connectivity index (χ0n) is 20.2. The minimum Gasteiger partial charge on any atom is -0.326 e. The second-order valence-electron chi connectivity index (χ2n) is 8.99. The molecule has 196 valence electrons. The molecule has 0 saturated carbocycles. The maximum atomic E-state index is 12.8. The third-order valence-corrected chi connectivity index (χ3v) is 9.79. The van der Waals surface area contributed by atoms with E-state index in [4.69, 9.17) is 11.6 Å². The Balaban J connectivity index is 1.31. The number of benzene rings is 3. The minimum atomic E-state index is -3.78. The number of carbonyl (C=O) groups is 1. The van der Waals surface area contributed by atoms with Gasteiger partial charge in [-0.3, -0.25) is 9.52 Å². The molecule has 0 aromatic heterocycles. The summed E-state index contributed by atoms with van der Waals surface area (Å²) < 4.78 is 55.0. The average Bonchev–Trinajstić information content (AvgIpc) is 2.87. The predicted octanol–water partition coefficient (Wildman–Crippen LogP) is 4.63. The number of rotatable bonds is 8. The third kappa shape index (κ3) is 6.89. The molecule has 0 atom stereocenters. The van der Waals surface area contributed by atoms with Crippen LogP contribution in [0.25, 0.3) is 0 Å². The van der Waals surface area contributed by atoms with Gasteiger partial charge >= 0.3 is 0 Å². The Hall–Kier alpha value is -2.92. The Bertz CT molecular complexity index is 1470. The van der Waals surface area contributed by atoms with Gasteiger partial charge in [-0.2, -0.15) is 0 Å². The van der Waals surface area contributed by atoms with E-state index < -0.39 is 20.0 Å². The van der Waals surface area contributed by atoms with Crippen LogP contribution >= 0.6 is 11.6 Å². The fraction of sp³-hybridized carbons (Fsp3) is 0.269. The Labute approximate surface area is 222 Å². The molecule has 3 aromatic carbocycles. The first-order valence-corrected chi connectivity index (χ1v) is 15.2. The number of nitrogens with one attached hydrogen (secondary N) is 2. The Morgan fingerprint density at radius 1 is 0.919 bits per heavy atom. The summed E-state index contributed by atoms with van der Waals surface area (Å²) in [6, 6.07) is 19.7. The summed E-state index contributed by atoms with van der Waals surface area (Å²) in [6.45, 7) is 2.33.